The Morgan fingerprint density at radius 2 is 1.80 bits per heavy atom. The number of anilines is 1. The van der Waals surface area contributed by atoms with Crippen molar-refractivity contribution >= 4 is 50.8 Å². The minimum Gasteiger partial charge on any atom is -0.480 e. The maximum atomic E-state index is 13.8. The van der Waals surface area contributed by atoms with Crippen molar-refractivity contribution in [3.05, 3.63) is 63.6 Å². The molecule has 1 aliphatic rings. The molecule has 1 N–H and O–H groups in total. The molecule has 3 rings (SSSR count). The van der Waals surface area contributed by atoms with Crippen LogP contribution in [-0.4, -0.2) is 61.7 Å². The van der Waals surface area contributed by atoms with E-state index in [2.05, 4.69) is 0 Å². The van der Waals surface area contributed by atoms with Gasteiger partial charge in [0.1, 0.15) is 12.6 Å². The van der Waals surface area contributed by atoms with E-state index in [1.54, 1.807) is 47.4 Å². The first-order valence-corrected chi connectivity index (χ1v) is 13.5. The standard InChI is InChI=1S/C24H28Cl2N2O6S/c1-24(2,3)14-28-19-10-9-15(25)11-17(19)22(16-7-5-6-8-18(16)26)34-20(23(28)31)12-27(13-21(29)30)35(4,32)33/h5-11,20,22H,12-14H2,1-4H3,(H,29,30). The van der Waals surface area contributed by atoms with Crippen molar-refractivity contribution in [1.82, 2.24) is 4.31 Å². The van der Waals surface area contributed by atoms with Crippen molar-refractivity contribution in [3.63, 3.8) is 0 Å². The SMILES string of the molecule is CC(C)(C)CN1C(=O)C(CN(CC(=O)O)S(C)(=O)=O)OC(c2ccccc2Cl)c2cc(Cl)ccc21. The zero-order valence-electron chi connectivity index (χ0n) is 19.9. The van der Waals surface area contributed by atoms with Crippen LogP contribution in [-0.2, 0) is 24.3 Å². The number of hydrogen-bond acceptors (Lipinski definition) is 5. The van der Waals surface area contributed by atoms with Gasteiger partial charge in [-0.25, -0.2) is 8.42 Å². The Hall–Kier alpha value is -2.17. The first-order chi connectivity index (χ1) is 16.2. The molecule has 2 unspecified atom stereocenters. The largest absolute Gasteiger partial charge is 0.480 e. The quantitative estimate of drug-likeness (QED) is 0.561. The molecular weight excluding hydrogens is 515 g/mol. The number of carboxylic acid groups (broad SMARTS) is 1. The van der Waals surface area contributed by atoms with Gasteiger partial charge >= 0.3 is 5.97 Å². The maximum Gasteiger partial charge on any atom is 0.318 e. The molecule has 2 aromatic rings. The van der Waals surface area contributed by atoms with Crippen molar-refractivity contribution in [3.8, 4) is 0 Å². The lowest BCUT2D eigenvalue weighted by atomic mass is 9.94. The molecule has 0 radical (unpaired) electrons. The van der Waals surface area contributed by atoms with E-state index in [9.17, 15) is 23.1 Å². The van der Waals surface area contributed by atoms with Crippen LogP contribution in [0.25, 0.3) is 0 Å². The zero-order valence-corrected chi connectivity index (χ0v) is 22.2. The van der Waals surface area contributed by atoms with Gasteiger partial charge in [-0.1, -0.05) is 62.2 Å². The minimum atomic E-state index is -3.96. The Morgan fingerprint density at radius 3 is 2.37 bits per heavy atom. The van der Waals surface area contributed by atoms with E-state index in [0.717, 1.165) is 10.6 Å². The molecule has 0 spiro atoms. The molecule has 2 aromatic carbocycles. The number of carboxylic acids is 1. The summed E-state index contributed by atoms with van der Waals surface area (Å²) < 4.78 is 31.7. The van der Waals surface area contributed by atoms with Crippen LogP contribution >= 0.6 is 23.2 Å². The predicted molar refractivity (Wildman–Crippen MR) is 135 cm³/mol. The summed E-state index contributed by atoms with van der Waals surface area (Å²) in [6.07, 6.45) is -1.27. The summed E-state index contributed by atoms with van der Waals surface area (Å²) in [5.41, 5.74) is 1.40. The number of carbonyl (C=O) groups excluding carboxylic acids is 1. The van der Waals surface area contributed by atoms with Crippen molar-refractivity contribution in [2.24, 2.45) is 5.41 Å². The lowest BCUT2D eigenvalue weighted by molar-refractivity contribution is -0.139. The van der Waals surface area contributed by atoms with Gasteiger partial charge in [-0.3, -0.25) is 9.59 Å². The number of carbonyl (C=O) groups is 2. The van der Waals surface area contributed by atoms with E-state index in [1.807, 2.05) is 20.8 Å². The van der Waals surface area contributed by atoms with E-state index in [1.165, 1.54) is 0 Å². The second kappa shape index (κ2) is 10.4. The van der Waals surface area contributed by atoms with Gasteiger partial charge in [0.15, 0.2) is 6.10 Å². The fraction of sp³-hybridized carbons (Fsp3) is 0.417. The van der Waals surface area contributed by atoms with Crippen LogP contribution in [0.1, 0.15) is 38.0 Å². The predicted octanol–water partition coefficient (Wildman–Crippen LogP) is 4.21. The van der Waals surface area contributed by atoms with Crippen LogP contribution in [0.15, 0.2) is 42.5 Å². The normalized spacial score (nSPS) is 18.9. The molecule has 11 heteroatoms. The van der Waals surface area contributed by atoms with Crippen LogP contribution in [0.4, 0.5) is 5.69 Å². The number of rotatable bonds is 7. The lowest BCUT2D eigenvalue weighted by Crippen LogP contribution is -2.49. The van der Waals surface area contributed by atoms with Crippen LogP contribution in [0.3, 0.4) is 0 Å². The van der Waals surface area contributed by atoms with Gasteiger partial charge in [-0.15, -0.1) is 0 Å². The fourth-order valence-corrected chi connectivity index (χ4v) is 5.08. The Labute approximate surface area is 215 Å². The Bertz CT molecular complexity index is 1230. The monoisotopic (exact) mass is 542 g/mol. The van der Waals surface area contributed by atoms with Crippen molar-refractivity contribution in [1.29, 1.82) is 0 Å². The second-order valence-corrected chi connectivity index (χ2v) is 12.5. The van der Waals surface area contributed by atoms with E-state index >= 15 is 0 Å². The second-order valence-electron chi connectivity index (χ2n) is 9.66. The average molecular weight is 543 g/mol. The molecule has 1 aliphatic heterocycles. The highest BCUT2D eigenvalue weighted by Gasteiger charge is 2.40. The van der Waals surface area contributed by atoms with E-state index in [4.69, 9.17) is 27.9 Å². The summed E-state index contributed by atoms with van der Waals surface area (Å²) in [6, 6.07) is 12.1. The van der Waals surface area contributed by atoms with Gasteiger partial charge < -0.3 is 14.7 Å². The van der Waals surface area contributed by atoms with Gasteiger partial charge in [-0.05, 0) is 29.7 Å². The molecule has 0 saturated carbocycles. The number of hydrogen-bond donors (Lipinski definition) is 1. The number of amides is 1. The summed E-state index contributed by atoms with van der Waals surface area (Å²) in [7, 11) is -3.96. The average Bonchev–Trinajstić information content (AvgIpc) is 2.82. The summed E-state index contributed by atoms with van der Waals surface area (Å²) in [5.74, 6) is -1.84. The molecule has 8 nitrogen and oxygen atoms in total. The number of halogens is 2. The van der Waals surface area contributed by atoms with Gasteiger partial charge in [0, 0.05) is 39.9 Å². The zero-order chi connectivity index (χ0) is 26.1. The van der Waals surface area contributed by atoms with Gasteiger partial charge in [0.25, 0.3) is 5.91 Å². The van der Waals surface area contributed by atoms with Crippen LogP contribution in [0.5, 0.6) is 0 Å². The van der Waals surface area contributed by atoms with Gasteiger partial charge in [-0.2, -0.15) is 4.31 Å². The van der Waals surface area contributed by atoms with E-state index in [0.29, 0.717) is 33.4 Å². The first-order valence-electron chi connectivity index (χ1n) is 10.8. The molecule has 0 aromatic heterocycles. The number of nitrogens with zero attached hydrogens (tertiary/aromatic N) is 2. The Balaban J connectivity index is 2.20. The molecule has 0 aliphatic carbocycles. The molecule has 0 fully saturated rings. The summed E-state index contributed by atoms with van der Waals surface area (Å²) >= 11 is 12.8. The van der Waals surface area contributed by atoms with E-state index in [-0.39, 0.29) is 5.41 Å². The van der Waals surface area contributed by atoms with Crippen molar-refractivity contribution < 1.29 is 27.9 Å². The molecule has 35 heavy (non-hydrogen) atoms. The third-order valence-corrected chi connectivity index (χ3v) is 7.17. The van der Waals surface area contributed by atoms with Gasteiger partial charge in [0.2, 0.25) is 10.0 Å². The molecule has 1 amide bonds. The minimum absolute atomic E-state index is 0.299. The molecule has 0 bridgehead atoms. The summed E-state index contributed by atoms with van der Waals surface area (Å²) in [6.45, 7) is 4.92. The number of sulfonamides is 1. The number of ether oxygens (including phenoxy) is 1. The van der Waals surface area contributed by atoms with Crippen LogP contribution in [0.2, 0.25) is 10.0 Å². The highest BCUT2D eigenvalue weighted by Crippen LogP contribution is 2.42. The van der Waals surface area contributed by atoms with Crippen LogP contribution < -0.4 is 4.90 Å². The molecule has 1 heterocycles. The molecule has 2 atom stereocenters. The third-order valence-electron chi connectivity index (χ3n) is 5.37. The van der Waals surface area contributed by atoms with Crippen LogP contribution in [0, 0.1) is 5.41 Å². The smallest absolute Gasteiger partial charge is 0.318 e. The summed E-state index contributed by atoms with van der Waals surface area (Å²) in [5, 5.41) is 10.1. The van der Waals surface area contributed by atoms with Crippen molar-refractivity contribution in [2.75, 3.05) is 30.8 Å². The Kier molecular flexibility index (Phi) is 8.18. The maximum absolute atomic E-state index is 13.8. The lowest BCUT2D eigenvalue weighted by Gasteiger charge is -2.32. The highest BCUT2D eigenvalue weighted by atomic mass is 35.5. The topological polar surface area (TPSA) is 104 Å². The summed E-state index contributed by atoms with van der Waals surface area (Å²) in [4.78, 5) is 26.8. The molecule has 190 valence electrons. The fourth-order valence-electron chi connectivity index (χ4n) is 3.91. The Morgan fingerprint density at radius 1 is 1.14 bits per heavy atom. The van der Waals surface area contributed by atoms with Gasteiger partial charge in [0.05, 0.1) is 6.26 Å². The number of fused-ring (bicyclic) bond motifs is 1. The number of benzene rings is 2. The highest BCUT2D eigenvalue weighted by molar-refractivity contribution is 7.88. The van der Waals surface area contributed by atoms with Crippen molar-refractivity contribution in [2.45, 2.75) is 33.0 Å². The molecular formula is C24H28Cl2N2O6S. The number of aliphatic carboxylic acids is 1. The van der Waals surface area contributed by atoms with E-state index < -0.39 is 47.2 Å². The molecule has 0 saturated heterocycles. The third kappa shape index (κ3) is 6.74. The first kappa shape index (κ1) is 27.4.